The number of anilines is 1. The third-order valence-electron chi connectivity index (χ3n) is 5.45. The van der Waals surface area contributed by atoms with Crippen LogP contribution in [0.3, 0.4) is 0 Å². The van der Waals surface area contributed by atoms with Crippen molar-refractivity contribution >= 4 is 40.9 Å². The molecule has 0 aliphatic carbocycles. The number of carbonyl (C=O) groups excluding carboxylic acids is 5. The van der Waals surface area contributed by atoms with Gasteiger partial charge in [-0.3, -0.25) is 39.5 Å². The van der Waals surface area contributed by atoms with E-state index in [0.29, 0.717) is 5.01 Å². The molecule has 1 N–H and O–H groups in total. The molecule has 166 valence electrons. The standard InChI is InChI=1S/C23H12N4O7/c28-19(24-26-22(31)15-6-1-2-7-16(15)23(26)32)12-4-3-5-13(10-12)25-20(29)17-9-8-14(27(33)34)11-18(17)21(25)30/h1-11H,(H,24,28). The number of hydrogen-bond acceptors (Lipinski definition) is 7. The van der Waals surface area contributed by atoms with Crippen LogP contribution >= 0.6 is 0 Å². The molecule has 0 bridgehead atoms. The van der Waals surface area contributed by atoms with Crippen molar-refractivity contribution in [3.63, 3.8) is 0 Å². The Kier molecular flexibility index (Phi) is 4.53. The van der Waals surface area contributed by atoms with E-state index in [2.05, 4.69) is 5.43 Å². The van der Waals surface area contributed by atoms with Crippen molar-refractivity contribution in [1.29, 1.82) is 0 Å². The lowest BCUT2D eigenvalue weighted by atomic mass is 10.1. The fourth-order valence-electron chi connectivity index (χ4n) is 3.82. The van der Waals surface area contributed by atoms with Gasteiger partial charge >= 0.3 is 0 Å². The molecule has 0 saturated carbocycles. The second kappa shape index (κ2) is 7.45. The minimum Gasteiger partial charge on any atom is -0.268 e. The topological polar surface area (TPSA) is 147 Å². The van der Waals surface area contributed by atoms with Crippen LogP contribution in [0, 0.1) is 10.1 Å². The number of fused-ring (bicyclic) bond motifs is 2. The average molecular weight is 456 g/mol. The summed E-state index contributed by atoms with van der Waals surface area (Å²) < 4.78 is 0. The SMILES string of the molecule is O=C(NN1C(=O)c2ccccc2C1=O)c1cccc(N2C(=O)c3ccc([N+](=O)[O-])cc3C2=O)c1. The van der Waals surface area contributed by atoms with Gasteiger partial charge in [-0.1, -0.05) is 18.2 Å². The molecule has 0 atom stereocenters. The highest BCUT2D eigenvalue weighted by molar-refractivity contribution is 6.34. The third-order valence-corrected chi connectivity index (χ3v) is 5.45. The van der Waals surface area contributed by atoms with Gasteiger partial charge in [0.25, 0.3) is 35.2 Å². The van der Waals surface area contributed by atoms with E-state index >= 15 is 0 Å². The summed E-state index contributed by atoms with van der Waals surface area (Å²) >= 11 is 0. The van der Waals surface area contributed by atoms with Gasteiger partial charge in [-0.2, -0.15) is 5.01 Å². The van der Waals surface area contributed by atoms with Crippen LogP contribution in [0.1, 0.15) is 51.8 Å². The van der Waals surface area contributed by atoms with E-state index in [4.69, 9.17) is 0 Å². The summed E-state index contributed by atoms with van der Waals surface area (Å²) in [5.41, 5.74) is 2.11. The maximum atomic E-state index is 12.8. The van der Waals surface area contributed by atoms with Crippen LogP contribution in [0.2, 0.25) is 0 Å². The van der Waals surface area contributed by atoms with Crippen LogP contribution < -0.4 is 10.3 Å². The summed E-state index contributed by atoms with van der Waals surface area (Å²) in [5, 5.41) is 11.6. The third kappa shape index (κ3) is 3.03. The fourth-order valence-corrected chi connectivity index (χ4v) is 3.82. The number of nitrogens with zero attached hydrogens (tertiary/aromatic N) is 3. The van der Waals surface area contributed by atoms with Crippen molar-refractivity contribution in [2.45, 2.75) is 0 Å². The van der Waals surface area contributed by atoms with E-state index in [1.54, 1.807) is 12.1 Å². The van der Waals surface area contributed by atoms with E-state index in [0.717, 1.165) is 17.0 Å². The summed E-state index contributed by atoms with van der Waals surface area (Å²) in [6, 6.07) is 14.9. The molecule has 2 heterocycles. The fraction of sp³-hybridized carbons (Fsp3) is 0. The number of rotatable bonds is 4. The molecule has 5 amide bonds. The zero-order valence-corrected chi connectivity index (χ0v) is 17.1. The van der Waals surface area contributed by atoms with Crippen LogP contribution in [-0.4, -0.2) is 39.5 Å². The van der Waals surface area contributed by atoms with Gasteiger partial charge in [-0.05, 0) is 36.4 Å². The van der Waals surface area contributed by atoms with Gasteiger partial charge in [0, 0.05) is 17.7 Å². The predicted octanol–water partition coefficient (Wildman–Crippen LogP) is 2.34. The van der Waals surface area contributed by atoms with E-state index < -0.39 is 34.5 Å². The number of hydrogen-bond donors (Lipinski definition) is 1. The molecule has 0 saturated heterocycles. The second-order valence-corrected chi connectivity index (χ2v) is 7.42. The quantitative estimate of drug-likeness (QED) is 0.360. The highest BCUT2D eigenvalue weighted by Gasteiger charge is 2.39. The van der Waals surface area contributed by atoms with Gasteiger partial charge < -0.3 is 0 Å². The van der Waals surface area contributed by atoms with Gasteiger partial charge in [0.15, 0.2) is 0 Å². The maximum absolute atomic E-state index is 12.8. The van der Waals surface area contributed by atoms with Crippen LogP contribution in [0.4, 0.5) is 11.4 Å². The summed E-state index contributed by atoms with van der Waals surface area (Å²) in [6.07, 6.45) is 0. The molecule has 2 aliphatic rings. The van der Waals surface area contributed by atoms with Crippen LogP contribution in [0.25, 0.3) is 0 Å². The van der Waals surface area contributed by atoms with Crippen molar-refractivity contribution in [2.75, 3.05) is 4.90 Å². The van der Waals surface area contributed by atoms with E-state index in [9.17, 15) is 34.1 Å². The molecular weight excluding hydrogens is 444 g/mol. The van der Waals surface area contributed by atoms with Crippen molar-refractivity contribution in [3.05, 3.63) is 105 Å². The van der Waals surface area contributed by atoms with Crippen LogP contribution in [-0.2, 0) is 0 Å². The lowest BCUT2D eigenvalue weighted by molar-refractivity contribution is -0.384. The molecule has 11 nitrogen and oxygen atoms in total. The molecule has 0 spiro atoms. The number of hydrazine groups is 1. The minimum absolute atomic E-state index is 0.00326. The Morgan fingerprint density at radius 1 is 0.735 bits per heavy atom. The average Bonchev–Trinajstić information content (AvgIpc) is 3.24. The molecule has 3 aromatic rings. The van der Waals surface area contributed by atoms with Gasteiger partial charge in [0.1, 0.15) is 0 Å². The second-order valence-electron chi connectivity index (χ2n) is 7.42. The largest absolute Gasteiger partial charge is 0.280 e. The Labute approximate surface area is 190 Å². The molecule has 0 radical (unpaired) electrons. The molecule has 0 aromatic heterocycles. The van der Waals surface area contributed by atoms with E-state index in [-0.39, 0.29) is 39.2 Å². The molecule has 0 fully saturated rings. The highest BCUT2D eigenvalue weighted by Crippen LogP contribution is 2.31. The zero-order chi connectivity index (χ0) is 24.1. The monoisotopic (exact) mass is 456 g/mol. The Bertz CT molecular complexity index is 1440. The highest BCUT2D eigenvalue weighted by atomic mass is 16.6. The summed E-state index contributed by atoms with van der Waals surface area (Å²) in [5.74, 6) is -3.67. The van der Waals surface area contributed by atoms with Crippen LogP contribution in [0.15, 0.2) is 66.7 Å². The van der Waals surface area contributed by atoms with Gasteiger partial charge in [-0.15, -0.1) is 0 Å². The molecule has 5 rings (SSSR count). The van der Waals surface area contributed by atoms with E-state index in [1.807, 2.05) is 0 Å². The summed E-state index contributed by atoms with van der Waals surface area (Å²) in [6.45, 7) is 0. The number of nitro benzene ring substituents is 1. The molecular formula is C23H12N4O7. The number of carbonyl (C=O) groups is 5. The first-order chi connectivity index (χ1) is 16.3. The first-order valence-corrected chi connectivity index (χ1v) is 9.84. The Hall–Kier alpha value is -5.19. The predicted molar refractivity (Wildman–Crippen MR) is 115 cm³/mol. The maximum Gasteiger partial charge on any atom is 0.280 e. The molecule has 11 heteroatoms. The van der Waals surface area contributed by atoms with E-state index in [1.165, 1.54) is 42.5 Å². The number of benzene rings is 3. The number of nitro groups is 1. The number of non-ortho nitro benzene ring substituents is 1. The minimum atomic E-state index is -0.816. The zero-order valence-electron chi connectivity index (χ0n) is 17.1. The van der Waals surface area contributed by atoms with Crippen molar-refractivity contribution in [2.24, 2.45) is 0 Å². The molecule has 3 aromatic carbocycles. The molecule has 34 heavy (non-hydrogen) atoms. The summed E-state index contributed by atoms with van der Waals surface area (Å²) in [7, 11) is 0. The first kappa shape index (κ1) is 20.7. The lowest BCUT2D eigenvalue weighted by Crippen LogP contribution is -2.45. The number of amides is 5. The molecule has 2 aliphatic heterocycles. The number of nitrogens with one attached hydrogen (secondary N) is 1. The summed E-state index contributed by atoms with van der Waals surface area (Å²) in [4.78, 5) is 74.5. The van der Waals surface area contributed by atoms with Gasteiger partial charge in [0.2, 0.25) is 0 Å². The Morgan fingerprint density at radius 2 is 1.35 bits per heavy atom. The Morgan fingerprint density at radius 3 is 2.00 bits per heavy atom. The van der Waals surface area contributed by atoms with Crippen LogP contribution in [0.5, 0.6) is 0 Å². The van der Waals surface area contributed by atoms with Crippen molar-refractivity contribution in [3.8, 4) is 0 Å². The molecule has 0 unspecified atom stereocenters. The first-order valence-electron chi connectivity index (χ1n) is 9.84. The smallest absolute Gasteiger partial charge is 0.268 e. The van der Waals surface area contributed by atoms with Crippen molar-refractivity contribution in [1.82, 2.24) is 10.4 Å². The van der Waals surface area contributed by atoms with Gasteiger partial charge in [-0.25, -0.2) is 4.90 Å². The van der Waals surface area contributed by atoms with Crippen molar-refractivity contribution < 1.29 is 28.9 Å². The Balaban J connectivity index is 1.41. The lowest BCUT2D eigenvalue weighted by Gasteiger charge is -2.17. The number of imide groups is 2. The normalized spacial score (nSPS) is 14.4. The van der Waals surface area contributed by atoms with Gasteiger partial charge in [0.05, 0.1) is 32.9 Å².